The molecular formula is C21H23FN4O5. The number of hydrogen-bond acceptors (Lipinski definition) is 6. The van der Waals surface area contributed by atoms with E-state index in [1.54, 1.807) is 4.90 Å². The van der Waals surface area contributed by atoms with Gasteiger partial charge >= 0.3 is 0 Å². The van der Waals surface area contributed by atoms with Gasteiger partial charge in [0.2, 0.25) is 5.43 Å². The van der Waals surface area contributed by atoms with Gasteiger partial charge in [-0.1, -0.05) is 12.1 Å². The van der Waals surface area contributed by atoms with Gasteiger partial charge in [-0.25, -0.2) is 4.39 Å². The van der Waals surface area contributed by atoms with Crippen LogP contribution in [0.1, 0.15) is 32.8 Å². The van der Waals surface area contributed by atoms with Gasteiger partial charge in [-0.2, -0.15) is 0 Å². The number of pyridine rings is 1. The quantitative estimate of drug-likeness (QED) is 0.620. The van der Waals surface area contributed by atoms with Gasteiger partial charge in [-0.3, -0.25) is 19.3 Å². The molecule has 0 spiro atoms. The van der Waals surface area contributed by atoms with Crippen LogP contribution < -0.4 is 10.7 Å². The van der Waals surface area contributed by atoms with Crippen molar-refractivity contribution < 1.29 is 24.2 Å². The SMILES string of the molecule is O=C(NCc1ccc(F)cc1)c1cn2c(c(O)c1=O)C(=O)N1CCCN(CCO)C1C2. The average molecular weight is 430 g/mol. The molecule has 1 unspecified atom stereocenters. The topological polar surface area (TPSA) is 115 Å². The number of aromatic nitrogens is 1. The fourth-order valence-corrected chi connectivity index (χ4v) is 4.15. The van der Waals surface area contributed by atoms with Crippen molar-refractivity contribution in [2.45, 2.75) is 25.7 Å². The zero-order chi connectivity index (χ0) is 22.1. The van der Waals surface area contributed by atoms with Gasteiger partial charge in [-0.15, -0.1) is 0 Å². The maximum absolute atomic E-state index is 13.0. The Balaban J connectivity index is 1.62. The van der Waals surface area contributed by atoms with Crippen molar-refractivity contribution in [3.05, 3.63) is 63.3 Å². The van der Waals surface area contributed by atoms with Crippen molar-refractivity contribution in [1.29, 1.82) is 0 Å². The molecule has 2 aromatic rings. The van der Waals surface area contributed by atoms with E-state index in [1.165, 1.54) is 35.0 Å². The van der Waals surface area contributed by atoms with E-state index in [0.29, 0.717) is 25.2 Å². The Morgan fingerprint density at radius 1 is 1.19 bits per heavy atom. The predicted octanol–water partition coefficient (Wildman–Crippen LogP) is 0.103. The fraction of sp³-hybridized carbons (Fsp3) is 0.381. The number of aliphatic hydroxyl groups is 1. The molecule has 0 radical (unpaired) electrons. The lowest BCUT2D eigenvalue weighted by molar-refractivity contribution is -0.0158. The molecule has 3 heterocycles. The third kappa shape index (κ3) is 3.91. The minimum absolute atomic E-state index is 0.0577. The molecule has 1 atom stereocenters. The van der Waals surface area contributed by atoms with Gasteiger partial charge < -0.3 is 25.0 Å². The van der Waals surface area contributed by atoms with E-state index in [0.717, 1.165) is 6.42 Å². The standard InChI is InChI=1S/C21H23FN4O5/c22-14-4-2-13(3-5-14)10-23-20(30)15-11-25-12-16-24(8-9-27)6-1-7-26(16)21(31)17(25)19(29)18(15)28/h2-5,11,16,27,29H,1,6-10,12H2,(H,23,30). The number of fused-ring (bicyclic) bond motifs is 2. The molecule has 9 nitrogen and oxygen atoms in total. The highest BCUT2D eigenvalue weighted by molar-refractivity contribution is 5.99. The van der Waals surface area contributed by atoms with Crippen LogP contribution in [0, 0.1) is 5.82 Å². The molecule has 2 aliphatic heterocycles. The first-order valence-electron chi connectivity index (χ1n) is 10.1. The molecule has 1 aromatic heterocycles. The van der Waals surface area contributed by atoms with Gasteiger partial charge in [0.25, 0.3) is 11.8 Å². The average Bonchev–Trinajstić information content (AvgIpc) is 2.76. The number of rotatable bonds is 5. The number of benzene rings is 1. The van der Waals surface area contributed by atoms with Crippen molar-refractivity contribution in [3.8, 4) is 5.75 Å². The number of β-amino-alcohol motifs (C(OH)–C–C–N with tert-alkyl or cyclic N) is 1. The molecular weight excluding hydrogens is 407 g/mol. The Labute approximate surface area is 177 Å². The lowest BCUT2D eigenvalue weighted by Crippen LogP contribution is -2.61. The van der Waals surface area contributed by atoms with Crippen LogP contribution in [0.3, 0.4) is 0 Å². The van der Waals surface area contributed by atoms with Gasteiger partial charge in [0.15, 0.2) is 11.4 Å². The van der Waals surface area contributed by atoms with Crippen LogP contribution in [0.4, 0.5) is 4.39 Å². The highest BCUT2D eigenvalue weighted by atomic mass is 19.1. The number of carbonyl (C=O) groups is 2. The molecule has 2 aliphatic rings. The highest BCUT2D eigenvalue weighted by Crippen LogP contribution is 2.27. The van der Waals surface area contributed by atoms with Gasteiger partial charge in [0.1, 0.15) is 17.5 Å². The predicted molar refractivity (Wildman–Crippen MR) is 108 cm³/mol. The van der Waals surface area contributed by atoms with E-state index in [4.69, 9.17) is 0 Å². The summed E-state index contributed by atoms with van der Waals surface area (Å²) in [6.07, 6.45) is 1.67. The molecule has 3 N–H and O–H groups in total. The molecule has 10 heteroatoms. The second-order valence-corrected chi connectivity index (χ2v) is 7.62. The monoisotopic (exact) mass is 430 g/mol. The zero-order valence-corrected chi connectivity index (χ0v) is 16.8. The number of aromatic hydroxyl groups is 1. The molecule has 2 amide bonds. The molecule has 0 aliphatic carbocycles. The molecule has 1 aromatic carbocycles. The first-order valence-corrected chi connectivity index (χ1v) is 10.1. The fourth-order valence-electron chi connectivity index (χ4n) is 4.15. The minimum atomic E-state index is -0.918. The summed E-state index contributed by atoms with van der Waals surface area (Å²) in [5.74, 6) is -2.33. The number of amides is 2. The molecule has 0 bridgehead atoms. The summed E-state index contributed by atoms with van der Waals surface area (Å²) < 4.78 is 14.5. The Morgan fingerprint density at radius 2 is 1.94 bits per heavy atom. The Kier molecular flexibility index (Phi) is 5.75. The molecule has 1 fully saturated rings. The number of halogens is 1. The van der Waals surface area contributed by atoms with E-state index in [9.17, 15) is 29.0 Å². The smallest absolute Gasteiger partial charge is 0.275 e. The van der Waals surface area contributed by atoms with Crippen LogP contribution in [0.2, 0.25) is 0 Å². The Hall–Kier alpha value is -3.24. The summed E-state index contributed by atoms with van der Waals surface area (Å²) in [5, 5.41) is 22.4. The molecule has 0 saturated carbocycles. The van der Waals surface area contributed by atoms with E-state index in [-0.39, 0.29) is 37.1 Å². The van der Waals surface area contributed by atoms with Crippen molar-refractivity contribution in [1.82, 2.24) is 19.7 Å². The largest absolute Gasteiger partial charge is 0.503 e. The maximum Gasteiger partial charge on any atom is 0.275 e. The second-order valence-electron chi connectivity index (χ2n) is 7.62. The number of hydrogen-bond donors (Lipinski definition) is 3. The van der Waals surface area contributed by atoms with E-state index >= 15 is 0 Å². The summed E-state index contributed by atoms with van der Waals surface area (Å²) in [6, 6.07) is 5.55. The lowest BCUT2D eigenvalue weighted by Gasteiger charge is -2.47. The molecule has 164 valence electrons. The van der Waals surface area contributed by atoms with Crippen molar-refractivity contribution >= 4 is 11.8 Å². The molecule has 31 heavy (non-hydrogen) atoms. The van der Waals surface area contributed by atoms with Crippen LogP contribution in [0.15, 0.2) is 35.3 Å². The summed E-state index contributed by atoms with van der Waals surface area (Å²) >= 11 is 0. The summed E-state index contributed by atoms with van der Waals surface area (Å²) in [6.45, 7) is 1.85. The summed E-state index contributed by atoms with van der Waals surface area (Å²) in [4.78, 5) is 41.8. The zero-order valence-electron chi connectivity index (χ0n) is 16.8. The highest BCUT2D eigenvalue weighted by Gasteiger charge is 2.40. The van der Waals surface area contributed by atoms with Crippen molar-refractivity contribution in [2.24, 2.45) is 0 Å². The van der Waals surface area contributed by atoms with E-state index in [2.05, 4.69) is 5.32 Å². The van der Waals surface area contributed by atoms with Gasteiger partial charge in [0.05, 0.1) is 13.2 Å². The van der Waals surface area contributed by atoms with Crippen LogP contribution in [0.25, 0.3) is 0 Å². The van der Waals surface area contributed by atoms with Crippen LogP contribution in [-0.4, -0.2) is 68.8 Å². The third-order valence-electron chi connectivity index (χ3n) is 5.70. The number of aliphatic hydroxyl groups excluding tert-OH is 1. The Bertz CT molecular complexity index is 1070. The maximum atomic E-state index is 13.0. The minimum Gasteiger partial charge on any atom is -0.503 e. The number of nitrogens with one attached hydrogen (secondary N) is 1. The number of nitrogens with zero attached hydrogens (tertiary/aromatic N) is 3. The number of carbonyl (C=O) groups excluding carboxylic acids is 2. The summed E-state index contributed by atoms with van der Waals surface area (Å²) in [5.41, 5.74) is -0.695. The Morgan fingerprint density at radius 3 is 2.65 bits per heavy atom. The first kappa shape index (κ1) is 21.0. The van der Waals surface area contributed by atoms with Gasteiger partial charge in [-0.05, 0) is 24.1 Å². The molecule has 1 saturated heterocycles. The van der Waals surface area contributed by atoms with Crippen molar-refractivity contribution in [3.63, 3.8) is 0 Å². The van der Waals surface area contributed by atoms with E-state index in [1.807, 2.05) is 4.90 Å². The third-order valence-corrected chi connectivity index (χ3v) is 5.70. The van der Waals surface area contributed by atoms with Crippen LogP contribution in [0.5, 0.6) is 5.75 Å². The van der Waals surface area contributed by atoms with Gasteiger partial charge in [0, 0.05) is 32.4 Å². The molecule has 4 rings (SSSR count). The van der Waals surface area contributed by atoms with E-state index < -0.39 is 28.8 Å². The second kappa shape index (κ2) is 8.48. The lowest BCUT2D eigenvalue weighted by atomic mass is 10.1. The summed E-state index contributed by atoms with van der Waals surface area (Å²) in [7, 11) is 0. The van der Waals surface area contributed by atoms with Crippen molar-refractivity contribution in [2.75, 3.05) is 26.2 Å². The van der Waals surface area contributed by atoms with Crippen LogP contribution >= 0.6 is 0 Å². The van der Waals surface area contributed by atoms with Crippen LogP contribution in [-0.2, 0) is 13.1 Å². The normalized spacial score (nSPS) is 18.5. The first-order chi connectivity index (χ1) is 14.9.